The first-order valence-electron chi connectivity index (χ1n) is 6.16. The van der Waals surface area contributed by atoms with Gasteiger partial charge in [-0.3, -0.25) is 0 Å². The molecular weight excluding hydrogens is 278 g/mol. The van der Waals surface area contributed by atoms with E-state index in [9.17, 15) is 0 Å². The van der Waals surface area contributed by atoms with Crippen LogP contribution in [0.25, 0.3) is 0 Å². The number of nitrogens with two attached hydrogens (primary N) is 1. The number of nitrogen functional groups attached to an aromatic ring is 1. The van der Waals surface area contributed by atoms with Gasteiger partial charge in [0.1, 0.15) is 16.7 Å². The molecule has 0 aliphatic rings. The Morgan fingerprint density at radius 2 is 1.89 bits per heavy atom. The molecule has 0 bridgehead atoms. The van der Waals surface area contributed by atoms with Crippen LogP contribution < -0.4 is 5.73 Å². The summed E-state index contributed by atoms with van der Waals surface area (Å²) in [6.45, 7) is 4.05. The highest BCUT2D eigenvalue weighted by atomic mass is 35.5. The molecule has 0 atom stereocenters. The van der Waals surface area contributed by atoms with E-state index in [4.69, 9.17) is 17.3 Å². The Kier molecular flexibility index (Phi) is 4.66. The highest BCUT2D eigenvalue weighted by Crippen LogP contribution is 2.31. The topological polar surface area (TPSA) is 51.8 Å². The number of hydrogen-bond donors (Lipinski definition) is 1. The minimum Gasteiger partial charge on any atom is -0.383 e. The van der Waals surface area contributed by atoms with Gasteiger partial charge in [0.2, 0.25) is 0 Å². The first-order valence-corrected chi connectivity index (χ1v) is 7.36. The molecule has 1 heterocycles. The van der Waals surface area contributed by atoms with Crippen LogP contribution in [0.2, 0.25) is 5.02 Å². The van der Waals surface area contributed by atoms with Crippen molar-refractivity contribution in [2.45, 2.75) is 36.6 Å². The highest BCUT2D eigenvalue weighted by Gasteiger charge is 2.10. The molecule has 5 heteroatoms. The molecule has 0 aliphatic carbocycles. The smallest absolute Gasteiger partial charge is 0.132 e. The zero-order valence-corrected chi connectivity index (χ0v) is 12.6. The van der Waals surface area contributed by atoms with E-state index >= 15 is 0 Å². The molecule has 0 unspecified atom stereocenters. The highest BCUT2D eigenvalue weighted by molar-refractivity contribution is 7.99. The SMILES string of the molecule is CCCc1nc(N)c(C)c(Sc2ccc(Cl)cc2)n1. The van der Waals surface area contributed by atoms with Gasteiger partial charge in [0.25, 0.3) is 0 Å². The van der Waals surface area contributed by atoms with E-state index in [1.165, 1.54) is 0 Å². The molecule has 100 valence electrons. The first-order chi connectivity index (χ1) is 9.10. The summed E-state index contributed by atoms with van der Waals surface area (Å²) in [6, 6.07) is 7.70. The molecule has 2 aromatic rings. The molecular formula is C14H16ClN3S. The third-order valence-electron chi connectivity index (χ3n) is 2.69. The fourth-order valence-electron chi connectivity index (χ4n) is 1.61. The first kappa shape index (κ1) is 14.2. The zero-order valence-electron chi connectivity index (χ0n) is 11.0. The summed E-state index contributed by atoms with van der Waals surface area (Å²) in [5, 5.41) is 1.65. The Morgan fingerprint density at radius 3 is 2.53 bits per heavy atom. The summed E-state index contributed by atoms with van der Waals surface area (Å²) in [6.07, 6.45) is 1.85. The molecule has 0 spiro atoms. The fraction of sp³-hybridized carbons (Fsp3) is 0.286. The second-order valence-corrected chi connectivity index (χ2v) is 5.76. The van der Waals surface area contributed by atoms with E-state index in [0.29, 0.717) is 5.82 Å². The van der Waals surface area contributed by atoms with Crippen molar-refractivity contribution >= 4 is 29.2 Å². The van der Waals surface area contributed by atoms with Crippen LogP contribution in [0.3, 0.4) is 0 Å². The second-order valence-electron chi connectivity index (χ2n) is 4.26. The van der Waals surface area contributed by atoms with Crippen LogP contribution >= 0.6 is 23.4 Å². The van der Waals surface area contributed by atoms with Gasteiger partial charge < -0.3 is 5.73 Å². The molecule has 0 saturated carbocycles. The number of nitrogens with zero attached hydrogens (tertiary/aromatic N) is 2. The lowest BCUT2D eigenvalue weighted by molar-refractivity contribution is 0.806. The van der Waals surface area contributed by atoms with Gasteiger partial charge in [0.05, 0.1) is 0 Å². The van der Waals surface area contributed by atoms with Crippen LogP contribution in [-0.4, -0.2) is 9.97 Å². The van der Waals surface area contributed by atoms with Crippen molar-refractivity contribution in [1.82, 2.24) is 9.97 Å². The predicted molar refractivity (Wildman–Crippen MR) is 80.8 cm³/mol. The maximum atomic E-state index is 5.94. The molecule has 2 N–H and O–H groups in total. The van der Waals surface area contributed by atoms with Gasteiger partial charge >= 0.3 is 0 Å². The van der Waals surface area contributed by atoms with Crippen molar-refractivity contribution in [3.05, 3.63) is 40.7 Å². The molecule has 0 saturated heterocycles. The van der Waals surface area contributed by atoms with E-state index in [0.717, 1.165) is 39.2 Å². The van der Waals surface area contributed by atoms with E-state index in [1.54, 1.807) is 11.8 Å². The van der Waals surface area contributed by atoms with Gasteiger partial charge in [-0.05, 0) is 37.6 Å². The maximum Gasteiger partial charge on any atom is 0.132 e. The summed E-state index contributed by atoms with van der Waals surface area (Å²) >= 11 is 7.47. The van der Waals surface area contributed by atoms with Crippen molar-refractivity contribution in [3.63, 3.8) is 0 Å². The molecule has 0 amide bonds. The average Bonchev–Trinajstić information content (AvgIpc) is 2.38. The molecule has 0 aliphatic heterocycles. The Hall–Kier alpha value is -1.26. The number of aromatic nitrogens is 2. The van der Waals surface area contributed by atoms with E-state index in [1.807, 2.05) is 31.2 Å². The third-order valence-corrected chi connectivity index (χ3v) is 4.04. The Morgan fingerprint density at radius 1 is 1.21 bits per heavy atom. The lowest BCUT2D eigenvalue weighted by Crippen LogP contribution is -2.04. The van der Waals surface area contributed by atoms with Gasteiger partial charge in [0.15, 0.2) is 0 Å². The van der Waals surface area contributed by atoms with Crippen LogP contribution in [0.4, 0.5) is 5.82 Å². The monoisotopic (exact) mass is 293 g/mol. The molecule has 0 radical (unpaired) electrons. The van der Waals surface area contributed by atoms with E-state index in [2.05, 4.69) is 16.9 Å². The van der Waals surface area contributed by atoms with Crippen molar-refractivity contribution in [1.29, 1.82) is 0 Å². The largest absolute Gasteiger partial charge is 0.383 e. The van der Waals surface area contributed by atoms with Gasteiger partial charge in [-0.2, -0.15) is 0 Å². The van der Waals surface area contributed by atoms with Crippen LogP contribution in [-0.2, 0) is 6.42 Å². The molecule has 19 heavy (non-hydrogen) atoms. The molecule has 3 nitrogen and oxygen atoms in total. The van der Waals surface area contributed by atoms with Gasteiger partial charge in [-0.25, -0.2) is 9.97 Å². The summed E-state index contributed by atoms with van der Waals surface area (Å²) in [5.74, 6) is 1.37. The lowest BCUT2D eigenvalue weighted by Gasteiger charge is -2.09. The summed E-state index contributed by atoms with van der Waals surface area (Å²) in [7, 11) is 0. The van der Waals surface area contributed by atoms with E-state index in [-0.39, 0.29) is 0 Å². The standard InChI is InChI=1S/C14H16ClN3S/c1-3-4-12-17-13(16)9(2)14(18-12)19-11-7-5-10(15)6-8-11/h5-8H,3-4H2,1-2H3,(H2,16,17,18). The van der Waals surface area contributed by atoms with Crippen molar-refractivity contribution in [2.24, 2.45) is 0 Å². The predicted octanol–water partition coefficient (Wildman–Crippen LogP) is 4.12. The quantitative estimate of drug-likeness (QED) is 0.861. The van der Waals surface area contributed by atoms with Crippen molar-refractivity contribution < 1.29 is 0 Å². The number of rotatable bonds is 4. The summed E-state index contributed by atoms with van der Waals surface area (Å²) in [4.78, 5) is 9.98. The Bertz CT molecular complexity index is 570. The third kappa shape index (κ3) is 3.61. The van der Waals surface area contributed by atoms with Crippen LogP contribution in [0.5, 0.6) is 0 Å². The van der Waals surface area contributed by atoms with Gasteiger partial charge in [-0.15, -0.1) is 0 Å². The lowest BCUT2D eigenvalue weighted by atomic mass is 10.3. The number of aryl methyl sites for hydroxylation is 1. The molecule has 1 aromatic heterocycles. The fourth-order valence-corrected chi connectivity index (χ4v) is 2.64. The van der Waals surface area contributed by atoms with Crippen LogP contribution in [0.15, 0.2) is 34.2 Å². The molecule has 1 aromatic carbocycles. The number of anilines is 1. The number of hydrogen-bond acceptors (Lipinski definition) is 4. The zero-order chi connectivity index (χ0) is 13.8. The average molecular weight is 294 g/mol. The van der Waals surface area contributed by atoms with Crippen molar-refractivity contribution in [2.75, 3.05) is 5.73 Å². The van der Waals surface area contributed by atoms with Gasteiger partial charge in [-0.1, -0.05) is 30.3 Å². The minimum atomic E-state index is 0.565. The van der Waals surface area contributed by atoms with Crippen molar-refractivity contribution in [3.8, 4) is 0 Å². The van der Waals surface area contributed by atoms with Crippen LogP contribution in [0.1, 0.15) is 24.7 Å². The second kappa shape index (κ2) is 6.26. The number of halogens is 1. The van der Waals surface area contributed by atoms with Crippen LogP contribution in [0, 0.1) is 6.92 Å². The summed E-state index contributed by atoms with van der Waals surface area (Å²) < 4.78 is 0. The minimum absolute atomic E-state index is 0.565. The number of benzene rings is 1. The Labute approximate surface area is 122 Å². The Balaban J connectivity index is 2.30. The normalized spacial score (nSPS) is 10.7. The maximum absolute atomic E-state index is 5.94. The van der Waals surface area contributed by atoms with Gasteiger partial charge in [0, 0.05) is 21.9 Å². The summed E-state index contributed by atoms with van der Waals surface area (Å²) in [5.41, 5.74) is 6.87. The van der Waals surface area contributed by atoms with E-state index < -0.39 is 0 Å². The molecule has 2 rings (SSSR count). The molecule has 0 fully saturated rings.